The minimum atomic E-state index is -2.08. The van der Waals surface area contributed by atoms with Crippen LogP contribution in [0.2, 0.25) is 0 Å². The van der Waals surface area contributed by atoms with Gasteiger partial charge >= 0.3 is 0 Å². The van der Waals surface area contributed by atoms with Crippen LogP contribution in [-0.2, 0) is 10.4 Å². The smallest absolute Gasteiger partial charge is 0.266 e. The number of nitrogens with one attached hydrogen (secondary N) is 1. The molecule has 29 heavy (non-hydrogen) atoms. The average Bonchev–Trinajstić information content (AvgIpc) is 3.08. The van der Waals surface area contributed by atoms with E-state index in [1.54, 1.807) is 19.1 Å². The van der Waals surface area contributed by atoms with E-state index < -0.39 is 23.1 Å². The summed E-state index contributed by atoms with van der Waals surface area (Å²) in [6.07, 6.45) is 0. The highest BCUT2D eigenvalue weighted by Crippen LogP contribution is 2.45. The first kappa shape index (κ1) is 19.1. The zero-order valence-electron chi connectivity index (χ0n) is 16.1. The first-order valence-electron chi connectivity index (χ1n) is 9.13. The summed E-state index contributed by atoms with van der Waals surface area (Å²) in [4.78, 5) is 12.8. The molecule has 0 aliphatic carbocycles. The molecule has 0 radical (unpaired) electrons. The number of nitrogen functional groups attached to an aromatic ring is 1. The molecule has 4 N–H and O–H groups in total. The minimum Gasteiger partial charge on any atom is -0.383 e. The van der Waals surface area contributed by atoms with E-state index in [4.69, 9.17) is 5.73 Å². The Hall–Kier alpha value is -3.26. The van der Waals surface area contributed by atoms with Gasteiger partial charge in [0.1, 0.15) is 17.3 Å². The third-order valence-electron chi connectivity index (χ3n) is 5.27. The van der Waals surface area contributed by atoms with Crippen molar-refractivity contribution < 1.29 is 18.7 Å². The second kappa shape index (κ2) is 6.38. The second-order valence-electron chi connectivity index (χ2n) is 7.48. The summed E-state index contributed by atoms with van der Waals surface area (Å²) < 4.78 is 28.6. The Kier molecular flexibility index (Phi) is 4.20. The van der Waals surface area contributed by atoms with Crippen molar-refractivity contribution in [3.8, 4) is 5.69 Å². The van der Waals surface area contributed by atoms with E-state index in [1.807, 2.05) is 19.9 Å². The fourth-order valence-corrected chi connectivity index (χ4v) is 3.74. The summed E-state index contributed by atoms with van der Waals surface area (Å²) in [5.41, 5.74) is 6.16. The summed E-state index contributed by atoms with van der Waals surface area (Å²) in [6, 6.07) is 8.36. The van der Waals surface area contributed by atoms with Crippen LogP contribution in [0.4, 0.5) is 20.3 Å². The first-order chi connectivity index (χ1) is 13.6. The maximum Gasteiger partial charge on any atom is 0.266 e. The van der Waals surface area contributed by atoms with Gasteiger partial charge in [0, 0.05) is 17.3 Å². The van der Waals surface area contributed by atoms with Crippen molar-refractivity contribution >= 4 is 17.4 Å². The Balaban J connectivity index is 1.94. The number of benzene rings is 2. The van der Waals surface area contributed by atoms with Crippen LogP contribution < -0.4 is 11.1 Å². The molecule has 0 bridgehead atoms. The number of carbonyl (C=O) groups is 1. The molecule has 4 rings (SSSR count). The number of carbonyl (C=O) groups excluding carboxylic acids is 1. The molecule has 150 valence electrons. The molecule has 0 saturated carbocycles. The maximum absolute atomic E-state index is 14.3. The van der Waals surface area contributed by atoms with Crippen LogP contribution >= 0.6 is 0 Å². The number of nitrogens with two attached hydrogens (primary N) is 1. The van der Waals surface area contributed by atoms with Crippen molar-refractivity contribution in [3.05, 3.63) is 70.4 Å². The molecule has 0 saturated heterocycles. The molecule has 8 heteroatoms. The molecule has 2 heterocycles. The number of aryl methyl sites for hydroxylation is 1. The lowest BCUT2D eigenvalue weighted by atomic mass is 9.85. The molecule has 0 spiro atoms. The molecular formula is C21H20F2N4O2. The highest BCUT2D eigenvalue weighted by Gasteiger charge is 2.50. The van der Waals surface area contributed by atoms with Gasteiger partial charge < -0.3 is 16.2 Å². The molecule has 0 fully saturated rings. The molecule has 0 unspecified atom stereocenters. The van der Waals surface area contributed by atoms with Gasteiger partial charge in [0.2, 0.25) is 5.60 Å². The average molecular weight is 398 g/mol. The van der Waals surface area contributed by atoms with Gasteiger partial charge in [0.05, 0.1) is 11.3 Å². The predicted molar refractivity (Wildman–Crippen MR) is 105 cm³/mol. The number of amides is 1. The quantitative estimate of drug-likeness (QED) is 0.631. The zero-order valence-corrected chi connectivity index (χ0v) is 16.1. The van der Waals surface area contributed by atoms with Crippen LogP contribution in [0.5, 0.6) is 0 Å². The maximum atomic E-state index is 14.3. The van der Waals surface area contributed by atoms with Crippen molar-refractivity contribution in [2.45, 2.75) is 32.3 Å². The highest BCUT2D eigenvalue weighted by atomic mass is 19.1. The fourth-order valence-electron chi connectivity index (χ4n) is 3.74. The lowest BCUT2D eigenvalue weighted by molar-refractivity contribution is -0.129. The SMILES string of the molecule is Cc1nn(-c2ccc(F)cc2F)c(N)c1[C@]1(O)C(=O)Nc2ccc(C(C)C)cc21. The number of anilines is 2. The molecule has 1 atom stereocenters. The van der Waals surface area contributed by atoms with Crippen LogP contribution in [0.25, 0.3) is 5.69 Å². The number of fused-ring (bicyclic) bond motifs is 1. The summed E-state index contributed by atoms with van der Waals surface area (Å²) in [7, 11) is 0. The number of rotatable bonds is 3. The Morgan fingerprint density at radius 3 is 2.59 bits per heavy atom. The zero-order chi connectivity index (χ0) is 21.1. The standard InChI is InChI=1S/C21H20F2N4O2/c1-10(2)12-4-6-16-14(8-12)21(29,20(28)25-16)18-11(3)26-27(19(18)24)17-7-5-13(22)9-15(17)23/h4-10,29H,24H2,1-3H3,(H,25,28)/t21-/m0/s1. The Morgan fingerprint density at radius 2 is 1.93 bits per heavy atom. The van der Waals surface area contributed by atoms with E-state index in [-0.39, 0.29) is 28.7 Å². The fraction of sp³-hybridized carbons (Fsp3) is 0.238. The number of aliphatic hydroxyl groups is 1. The minimum absolute atomic E-state index is 0.0679. The third-order valence-corrected chi connectivity index (χ3v) is 5.27. The van der Waals surface area contributed by atoms with Gasteiger partial charge in [-0.1, -0.05) is 19.9 Å². The van der Waals surface area contributed by atoms with E-state index in [0.29, 0.717) is 17.3 Å². The van der Waals surface area contributed by atoms with E-state index in [1.165, 1.54) is 6.07 Å². The predicted octanol–water partition coefficient (Wildman–Crippen LogP) is 3.35. The van der Waals surface area contributed by atoms with E-state index in [9.17, 15) is 18.7 Å². The van der Waals surface area contributed by atoms with Crippen molar-refractivity contribution in [2.75, 3.05) is 11.1 Å². The molecule has 1 aliphatic rings. The van der Waals surface area contributed by atoms with Gasteiger partial charge in [0.15, 0.2) is 5.82 Å². The number of aromatic nitrogens is 2. The molecular weight excluding hydrogens is 378 g/mol. The second-order valence-corrected chi connectivity index (χ2v) is 7.48. The van der Waals surface area contributed by atoms with Gasteiger partial charge in [-0.25, -0.2) is 13.5 Å². The van der Waals surface area contributed by atoms with Crippen LogP contribution in [0.3, 0.4) is 0 Å². The highest BCUT2D eigenvalue weighted by molar-refractivity contribution is 6.08. The third kappa shape index (κ3) is 2.71. The van der Waals surface area contributed by atoms with E-state index >= 15 is 0 Å². The van der Waals surface area contributed by atoms with Gasteiger partial charge in [0.25, 0.3) is 5.91 Å². The monoisotopic (exact) mass is 398 g/mol. The number of hydrogen-bond donors (Lipinski definition) is 3. The largest absolute Gasteiger partial charge is 0.383 e. The summed E-state index contributed by atoms with van der Waals surface area (Å²) in [6.45, 7) is 5.57. The topological polar surface area (TPSA) is 93.2 Å². The van der Waals surface area contributed by atoms with Gasteiger partial charge in [-0.3, -0.25) is 4.79 Å². The van der Waals surface area contributed by atoms with Crippen molar-refractivity contribution in [2.24, 2.45) is 0 Å². The Labute approximate surface area is 166 Å². The molecule has 1 amide bonds. The van der Waals surface area contributed by atoms with Gasteiger partial charge in [-0.05, 0) is 42.7 Å². The van der Waals surface area contributed by atoms with Gasteiger partial charge in [-0.15, -0.1) is 0 Å². The van der Waals surface area contributed by atoms with E-state index in [0.717, 1.165) is 16.3 Å². The number of hydrogen-bond acceptors (Lipinski definition) is 4. The van der Waals surface area contributed by atoms with Gasteiger partial charge in [-0.2, -0.15) is 5.10 Å². The lowest BCUT2D eigenvalue weighted by Crippen LogP contribution is -2.36. The first-order valence-corrected chi connectivity index (χ1v) is 9.13. The summed E-state index contributed by atoms with van der Waals surface area (Å²) in [5, 5.41) is 18.4. The van der Waals surface area contributed by atoms with E-state index in [2.05, 4.69) is 10.4 Å². The van der Waals surface area contributed by atoms with Crippen molar-refractivity contribution in [3.63, 3.8) is 0 Å². The van der Waals surface area contributed by atoms with Crippen LogP contribution in [0, 0.1) is 18.6 Å². The van der Waals surface area contributed by atoms with Crippen LogP contribution in [0.15, 0.2) is 36.4 Å². The number of nitrogens with zero attached hydrogens (tertiary/aromatic N) is 2. The normalized spacial score (nSPS) is 18.2. The summed E-state index contributed by atoms with van der Waals surface area (Å²) in [5.74, 6) is -2.19. The molecule has 1 aromatic heterocycles. The Bertz CT molecular complexity index is 1160. The lowest BCUT2D eigenvalue weighted by Gasteiger charge is -2.22. The van der Waals surface area contributed by atoms with Crippen molar-refractivity contribution in [1.29, 1.82) is 0 Å². The number of halogens is 2. The molecule has 2 aromatic carbocycles. The molecule has 1 aliphatic heterocycles. The van der Waals surface area contributed by atoms with Crippen molar-refractivity contribution in [1.82, 2.24) is 9.78 Å². The van der Waals surface area contributed by atoms with Crippen LogP contribution in [0.1, 0.15) is 42.1 Å². The van der Waals surface area contributed by atoms with Crippen LogP contribution in [-0.4, -0.2) is 20.8 Å². The molecule has 3 aromatic rings. The molecule has 6 nitrogen and oxygen atoms in total. The Morgan fingerprint density at radius 1 is 1.21 bits per heavy atom. The summed E-state index contributed by atoms with van der Waals surface area (Å²) >= 11 is 0.